The molecule has 5 heteroatoms. The molecule has 0 spiro atoms. The summed E-state index contributed by atoms with van der Waals surface area (Å²) >= 11 is 0. The summed E-state index contributed by atoms with van der Waals surface area (Å²) in [6.45, 7) is 0. The van der Waals surface area contributed by atoms with Crippen molar-refractivity contribution in [3.8, 4) is 0 Å². The monoisotopic (exact) mass is 163 g/mol. The third-order valence-electron chi connectivity index (χ3n) is 1.02. The second-order valence-corrected chi connectivity index (χ2v) is 1.91. The van der Waals surface area contributed by atoms with Crippen molar-refractivity contribution >= 4 is 5.82 Å². The molecule has 2 aromatic heterocycles. The molecule has 0 amide bonds. The van der Waals surface area contributed by atoms with Gasteiger partial charge in [-0.05, 0) is 12.1 Å². The molecule has 0 atom stereocenters. The normalized spacial score (nSPS) is 8.33. The molecule has 0 saturated heterocycles. The van der Waals surface area contributed by atoms with Crippen LogP contribution in [0.3, 0.4) is 0 Å². The van der Waals surface area contributed by atoms with Crippen LogP contribution >= 0.6 is 0 Å². The first-order valence-corrected chi connectivity index (χ1v) is 3.36. The van der Waals surface area contributed by atoms with Crippen molar-refractivity contribution in [2.75, 3.05) is 5.73 Å². The molecule has 62 valence electrons. The van der Waals surface area contributed by atoms with Crippen molar-refractivity contribution < 1.29 is 0 Å². The van der Waals surface area contributed by atoms with Gasteiger partial charge in [0.2, 0.25) is 0 Å². The van der Waals surface area contributed by atoms with E-state index in [1.54, 1.807) is 24.7 Å². The fraction of sp³-hybridized carbons (Fsp3) is 0. The Bertz CT molecular complexity index is 261. The van der Waals surface area contributed by atoms with Crippen LogP contribution in [0.1, 0.15) is 0 Å². The highest BCUT2D eigenvalue weighted by Crippen LogP contribution is 1.89. The topological polar surface area (TPSA) is 80.5 Å². The van der Waals surface area contributed by atoms with Crippen LogP contribution in [-0.4, -0.2) is 20.4 Å². The molecule has 5 nitrogen and oxygen atoms in total. The average Bonchev–Trinajstić information content (AvgIpc) is 2.62. The number of nitrogens with zero attached hydrogens (tertiary/aromatic N) is 3. The van der Waals surface area contributed by atoms with Crippen molar-refractivity contribution in [1.82, 2.24) is 20.4 Å². The van der Waals surface area contributed by atoms with Gasteiger partial charge in [-0.25, -0.2) is 4.98 Å². The average molecular weight is 163 g/mol. The summed E-state index contributed by atoms with van der Waals surface area (Å²) in [7, 11) is 0. The maximum atomic E-state index is 5.25. The zero-order valence-electron chi connectivity index (χ0n) is 6.38. The second-order valence-electron chi connectivity index (χ2n) is 1.91. The maximum Gasteiger partial charge on any atom is 0.123 e. The van der Waals surface area contributed by atoms with Crippen LogP contribution in [0.4, 0.5) is 5.82 Å². The smallest absolute Gasteiger partial charge is 0.123 e. The molecule has 0 aliphatic heterocycles. The van der Waals surface area contributed by atoms with Gasteiger partial charge >= 0.3 is 0 Å². The number of anilines is 1. The van der Waals surface area contributed by atoms with E-state index in [-0.39, 0.29) is 0 Å². The lowest BCUT2D eigenvalue weighted by Gasteiger charge is -1.82. The van der Waals surface area contributed by atoms with Gasteiger partial charge in [-0.2, -0.15) is 15.4 Å². The minimum atomic E-state index is 0.572. The Morgan fingerprint density at radius 3 is 2.08 bits per heavy atom. The Labute approximate surface area is 69.6 Å². The summed E-state index contributed by atoms with van der Waals surface area (Å²) in [4.78, 5) is 3.76. The molecular weight excluding hydrogens is 154 g/mol. The Morgan fingerprint density at radius 2 is 1.83 bits per heavy atom. The number of H-pyrrole nitrogens is 1. The predicted molar refractivity (Wildman–Crippen MR) is 45.0 cm³/mol. The van der Waals surface area contributed by atoms with E-state index in [0.717, 1.165) is 0 Å². The van der Waals surface area contributed by atoms with E-state index < -0.39 is 0 Å². The van der Waals surface area contributed by atoms with E-state index in [2.05, 4.69) is 20.4 Å². The molecule has 0 aromatic carbocycles. The number of rotatable bonds is 0. The quantitative estimate of drug-likeness (QED) is 0.591. The molecule has 0 saturated carbocycles. The van der Waals surface area contributed by atoms with Crippen LogP contribution in [0, 0.1) is 0 Å². The molecule has 0 radical (unpaired) electrons. The van der Waals surface area contributed by atoms with E-state index in [1.807, 2.05) is 12.1 Å². The molecule has 3 N–H and O–H groups in total. The summed E-state index contributed by atoms with van der Waals surface area (Å²) in [5, 5.41) is 9.33. The molecular formula is C7H9N5. The fourth-order valence-corrected chi connectivity index (χ4v) is 0.543. The Morgan fingerprint density at radius 1 is 1.08 bits per heavy atom. The van der Waals surface area contributed by atoms with Crippen molar-refractivity contribution in [3.63, 3.8) is 0 Å². The molecule has 0 fully saturated rings. The number of nitrogen functional groups attached to an aromatic ring is 1. The molecule has 0 aliphatic rings. The van der Waals surface area contributed by atoms with Gasteiger partial charge in [-0.3, -0.25) is 0 Å². The fourth-order valence-electron chi connectivity index (χ4n) is 0.543. The lowest BCUT2D eigenvalue weighted by molar-refractivity contribution is 0.940. The number of hydrogen-bond acceptors (Lipinski definition) is 4. The molecule has 2 heterocycles. The number of pyridine rings is 1. The number of nitrogens with two attached hydrogens (primary N) is 1. The lowest BCUT2D eigenvalue weighted by atomic mass is 10.5. The first-order valence-electron chi connectivity index (χ1n) is 3.36. The van der Waals surface area contributed by atoms with Gasteiger partial charge < -0.3 is 5.73 Å². The van der Waals surface area contributed by atoms with Gasteiger partial charge in [-0.1, -0.05) is 6.07 Å². The van der Waals surface area contributed by atoms with Gasteiger partial charge in [0.05, 0.1) is 12.4 Å². The minimum absolute atomic E-state index is 0.572. The van der Waals surface area contributed by atoms with Crippen molar-refractivity contribution in [2.45, 2.75) is 0 Å². The SMILES string of the molecule is Nc1ccccn1.c1cn[nH]n1. The largest absolute Gasteiger partial charge is 0.384 e. The third kappa shape index (κ3) is 3.31. The highest BCUT2D eigenvalue weighted by Gasteiger charge is 1.73. The van der Waals surface area contributed by atoms with E-state index in [0.29, 0.717) is 5.82 Å². The number of hydrogen-bond donors (Lipinski definition) is 2. The summed E-state index contributed by atoms with van der Waals surface area (Å²) in [6.07, 6.45) is 4.83. The number of aromatic nitrogens is 4. The standard InChI is InChI=1S/C5H6N2.C2H3N3/c6-5-3-1-2-4-7-5;1-2-4-5-3-1/h1-4H,(H2,6,7);1-2H,(H,3,4,5). The van der Waals surface area contributed by atoms with Crippen LogP contribution in [0.15, 0.2) is 36.8 Å². The molecule has 0 unspecified atom stereocenters. The van der Waals surface area contributed by atoms with Gasteiger partial charge in [0.15, 0.2) is 0 Å². The summed E-state index contributed by atoms with van der Waals surface area (Å²) in [5.41, 5.74) is 5.25. The van der Waals surface area contributed by atoms with Gasteiger partial charge in [0.25, 0.3) is 0 Å². The van der Waals surface area contributed by atoms with Gasteiger partial charge in [-0.15, -0.1) is 0 Å². The summed E-state index contributed by atoms with van der Waals surface area (Å²) in [6, 6.07) is 5.43. The van der Waals surface area contributed by atoms with Gasteiger partial charge in [0, 0.05) is 6.20 Å². The van der Waals surface area contributed by atoms with E-state index in [9.17, 15) is 0 Å². The van der Waals surface area contributed by atoms with Gasteiger partial charge in [0.1, 0.15) is 5.82 Å². The molecule has 0 aliphatic carbocycles. The highest BCUT2D eigenvalue weighted by molar-refractivity contribution is 5.25. The summed E-state index contributed by atoms with van der Waals surface area (Å²) < 4.78 is 0. The van der Waals surface area contributed by atoms with Crippen LogP contribution in [0.25, 0.3) is 0 Å². The Hall–Kier alpha value is -1.91. The van der Waals surface area contributed by atoms with Crippen molar-refractivity contribution in [1.29, 1.82) is 0 Å². The lowest BCUT2D eigenvalue weighted by Crippen LogP contribution is -1.85. The number of aromatic amines is 1. The molecule has 2 rings (SSSR count). The second kappa shape index (κ2) is 4.84. The first kappa shape index (κ1) is 8.19. The molecule has 0 bridgehead atoms. The zero-order valence-corrected chi connectivity index (χ0v) is 6.38. The molecule has 12 heavy (non-hydrogen) atoms. The minimum Gasteiger partial charge on any atom is -0.384 e. The predicted octanol–water partition coefficient (Wildman–Crippen LogP) is 0.468. The van der Waals surface area contributed by atoms with Crippen LogP contribution in [0.5, 0.6) is 0 Å². The van der Waals surface area contributed by atoms with E-state index in [4.69, 9.17) is 5.73 Å². The summed E-state index contributed by atoms with van der Waals surface area (Å²) in [5.74, 6) is 0.572. The maximum absolute atomic E-state index is 5.25. The van der Waals surface area contributed by atoms with Crippen LogP contribution in [0.2, 0.25) is 0 Å². The van der Waals surface area contributed by atoms with Crippen molar-refractivity contribution in [3.05, 3.63) is 36.8 Å². The Balaban J connectivity index is 0.000000127. The van der Waals surface area contributed by atoms with E-state index >= 15 is 0 Å². The van der Waals surface area contributed by atoms with Crippen LogP contribution in [-0.2, 0) is 0 Å². The zero-order chi connectivity index (χ0) is 8.65. The highest BCUT2D eigenvalue weighted by atomic mass is 15.3. The van der Waals surface area contributed by atoms with Crippen LogP contribution < -0.4 is 5.73 Å². The molecule has 2 aromatic rings. The Kier molecular flexibility index (Phi) is 3.30. The van der Waals surface area contributed by atoms with E-state index in [1.165, 1.54) is 0 Å². The number of nitrogens with one attached hydrogen (secondary N) is 1. The van der Waals surface area contributed by atoms with Crippen molar-refractivity contribution in [2.24, 2.45) is 0 Å². The first-order chi connectivity index (χ1) is 5.89. The third-order valence-corrected chi connectivity index (χ3v) is 1.02.